The van der Waals surface area contributed by atoms with Gasteiger partial charge in [0.15, 0.2) is 11.5 Å². The number of nitrogens with zero attached hydrogens (tertiary/aromatic N) is 2. The van der Waals surface area contributed by atoms with Crippen LogP contribution < -0.4 is 14.8 Å². The van der Waals surface area contributed by atoms with Crippen LogP contribution >= 0.6 is 0 Å². The van der Waals surface area contributed by atoms with Crippen molar-refractivity contribution < 1.29 is 19.1 Å². The maximum atomic E-state index is 12.2. The van der Waals surface area contributed by atoms with E-state index in [2.05, 4.69) is 10.5 Å². The summed E-state index contributed by atoms with van der Waals surface area (Å²) in [6.07, 6.45) is 0.671. The summed E-state index contributed by atoms with van der Waals surface area (Å²) in [5.74, 6) is 0.814. The van der Waals surface area contributed by atoms with E-state index >= 15 is 0 Å². The van der Waals surface area contributed by atoms with Crippen molar-refractivity contribution in [2.75, 3.05) is 12.4 Å². The molecule has 28 heavy (non-hydrogen) atoms. The molecular formula is C21H23N3O4. The van der Waals surface area contributed by atoms with Gasteiger partial charge in [0.1, 0.15) is 6.07 Å². The number of nitrogens with one attached hydrogen (secondary N) is 1. The van der Waals surface area contributed by atoms with E-state index in [1.807, 2.05) is 19.9 Å². The second kappa shape index (κ2) is 9.97. The number of anilines is 1. The Morgan fingerprint density at radius 3 is 2.61 bits per heavy atom. The lowest BCUT2D eigenvalue weighted by atomic mass is 10.2. The van der Waals surface area contributed by atoms with E-state index in [0.717, 1.165) is 5.56 Å². The molecule has 2 aromatic rings. The van der Waals surface area contributed by atoms with Crippen molar-refractivity contribution in [3.05, 3.63) is 53.6 Å². The number of methoxy groups -OCH3 is 1. The van der Waals surface area contributed by atoms with Crippen LogP contribution in [0.15, 0.2) is 47.6 Å². The zero-order valence-corrected chi connectivity index (χ0v) is 16.3. The van der Waals surface area contributed by atoms with Crippen molar-refractivity contribution in [1.82, 2.24) is 0 Å². The van der Waals surface area contributed by atoms with Crippen LogP contribution in [0.4, 0.5) is 5.69 Å². The minimum Gasteiger partial charge on any atom is -0.493 e. The predicted molar refractivity (Wildman–Crippen MR) is 107 cm³/mol. The maximum absolute atomic E-state index is 12.2. The third-order valence-electron chi connectivity index (χ3n) is 3.65. The molecule has 2 rings (SSSR count). The zero-order chi connectivity index (χ0) is 20.5. The Kier molecular flexibility index (Phi) is 7.40. The molecule has 0 radical (unpaired) electrons. The number of amides is 1. The van der Waals surface area contributed by atoms with Gasteiger partial charge in [0.05, 0.1) is 30.7 Å². The van der Waals surface area contributed by atoms with Gasteiger partial charge in [0.2, 0.25) is 6.10 Å². The summed E-state index contributed by atoms with van der Waals surface area (Å²) in [5, 5.41) is 15.6. The molecule has 0 aliphatic rings. The zero-order valence-electron chi connectivity index (χ0n) is 16.3. The van der Waals surface area contributed by atoms with Gasteiger partial charge in [-0.3, -0.25) is 4.79 Å². The van der Waals surface area contributed by atoms with Gasteiger partial charge in [-0.2, -0.15) is 5.26 Å². The highest BCUT2D eigenvalue weighted by atomic mass is 16.6. The highest BCUT2D eigenvalue weighted by Gasteiger charge is 2.15. The summed E-state index contributed by atoms with van der Waals surface area (Å²) in [4.78, 5) is 17.4. The SMILES string of the molecule is COc1cc(/C=N\O[C@H](C)C(=O)Nc2ccccc2C#N)ccc1OC(C)C. The molecule has 0 heterocycles. The number of rotatable bonds is 8. The monoisotopic (exact) mass is 381 g/mol. The number of benzene rings is 2. The summed E-state index contributed by atoms with van der Waals surface area (Å²) in [6.45, 7) is 5.44. The minimum atomic E-state index is -0.839. The number of ether oxygens (including phenoxy) is 2. The lowest BCUT2D eigenvalue weighted by Crippen LogP contribution is -2.26. The van der Waals surface area contributed by atoms with Crippen LogP contribution in [-0.2, 0) is 9.63 Å². The molecule has 0 spiro atoms. The van der Waals surface area contributed by atoms with Crippen LogP contribution in [0.5, 0.6) is 11.5 Å². The van der Waals surface area contributed by atoms with Crippen molar-refractivity contribution in [1.29, 1.82) is 5.26 Å². The normalized spacial score (nSPS) is 11.7. The Balaban J connectivity index is 1.98. The Bertz CT molecular complexity index is 887. The van der Waals surface area contributed by atoms with Gasteiger partial charge in [-0.1, -0.05) is 17.3 Å². The Hall–Kier alpha value is -3.53. The van der Waals surface area contributed by atoms with Crippen LogP contribution in [0.3, 0.4) is 0 Å². The Morgan fingerprint density at radius 2 is 1.93 bits per heavy atom. The number of oxime groups is 1. The number of para-hydroxylation sites is 1. The number of hydrogen-bond acceptors (Lipinski definition) is 6. The van der Waals surface area contributed by atoms with Crippen molar-refractivity contribution >= 4 is 17.8 Å². The molecule has 0 fully saturated rings. The second-order valence-electron chi connectivity index (χ2n) is 6.21. The molecular weight excluding hydrogens is 358 g/mol. The van der Waals surface area contributed by atoms with Gasteiger partial charge >= 0.3 is 0 Å². The fraction of sp³-hybridized carbons (Fsp3) is 0.286. The molecule has 0 saturated carbocycles. The van der Waals surface area contributed by atoms with Gasteiger partial charge in [-0.25, -0.2) is 0 Å². The first-order chi connectivity index (χ1) is 13.4. The first kappa shape index (κ1) is 20.8. The molecule has 7 nitrogen and oxygen atoms in total. The highest BCUT2D eigenvalue weighted by Crippen LogP contribution is 2.28. The van der Waals surface area contributed by atoms with Crippen LogP contribution in [-0.4, -0.2) is 31.4 Å². The molecule has 7 heteroatoms. The average Bonchev–Trinajstić information content (AvgIpc) is 2.68. The van der Waals surface area contributed by atoms with Gasteiger partial charge in [0, 0.05) is 5.56 Å². The number of carbonyl (C=O) groups excluding carboxylic acids is 1. The second-order valence-corrected chi connectivity index (χ2v) is 6.21. The highest BCUT2D eigenvalue weighted by molar-refractivity contribution is 5.95. The quantitative estimate of drug-likeness (QED) is 0.555. The van der Waals surface area contributed by atoms with E-state index in [1.54, 1.807) is 56.5 Å². The molecule has 1 amide bonds. The van der Waals surface area contributed by atoms with E-state index in [1.165, 1.54) is 6.21 Å². The van der Waals surface area contributed by atoms with Crippen molar-refractivity contribution in [3.8, 4) is 17.6 Å². The topological polar surface area (TPSA) is 92.9 Å². The molecule has 1 N–H and O–H groups in total. The van der Waals surface area contributed by atoms with Crippen LogP contribution in [0.2, 0.25) is 0 Å². The molecule has 0 bridgehead atoms. The van der Waals surface area contributed by atoms with Crippen LogP contribution in [0.1, 0.15) is 31.9 Å². The molecule has 0 aromatic heterocycles. The molecule has 0 unspecified atom stereocenters. The fourth-order valence-corrected chi connectivity index (χ4v) is 2.27. The molecule has 146 valence electrons. The van der Waals surface area contributed by atoms with Crippen molar-refractivity contribution in [3.63, 3.8) is 0 Å². The summed E-state index contributed by atoms with van der Waals surface area (Å²) < 4.78 is 11.0. The van der Waals surface area contributed by atoms with Gasteiger partial charge in [-0.15, -0.1) is 0 Å². The lowest BCUT2D eigenvalue weighted by molar-refractivity contribution is -0.126. The number of carbonyl (C=O) groups is 1. The summed E-state index contributed by atoms with van der Waals surface area (Å²) in [5.41, 5.74) is 1.54. The predicted octanol–water partition coefficient (Wildman–Crippen LogP) is 3.73. The first-order valence-electron chi connectivity index (χ1n) is 8.78. The van der Waals surface area contributed by atoms with Gasteiger partial charge < -0.3 is 19.6 Å². The summed E-state index contributed by atoms with van der Waals surface area (Å²) in [7, 11) is 1.56. The fourth-order valence-electron chi connectivity index (χ4n) is 2.27. The number of hydrogen-bond donors (Lipinski definition) is 1. The van der Waals surface area contributed by atoms with Crippen LogP contribution in [0.25, 0.3) is 0 Å². The number of nitriles is 1. The molecule has 0 aliphatic heterocycles. The molecule has 1 atom stereocenters. The van der Waals surface area contributed by atoms with Crippen molar-refractivity contribution in [2.45, 2.75) is 33.0 Å². The largest absolute Gasteiger partial charge is 0.493 e. The third-order valence-corrected chi connectivity index (χ3v) is 3.65. The molecule has 2 aromatic carbocycles. The maximum Gasteiger partial charge on any atom is 0.268 e. The van der Waals surface area contributed by atoms with Crippen molar-refractivity contribution in [2.24, 2.45) is 5.16 Å². The van der Waals surface area contributed by atoms with E-state index in [9.17, 15) is 4.79 Å². The molecule has 0 saturated heterocycles. The van der Waals surface area contributed by atoms with E-state index in [0.29, 0.717) is 22.7 Å². The average molecular weight is 381 g/mol. The first-order valence-corrected chi connectivity index (χ1v) is 8.78. The van der Waals surface area contributed by atoms with E-state index < -0.39 is 12.0 Å². The van der Waals surface area contributed by atoms with Gasteiger partial charge in [0.25, 0.3) is 5.91 Å². The molecule has 0 aliphatic carbocycles. The summed E-state index contributed by atoms with van der Waals surface area (Å²) >= 11 is 0. The smallest absolute Gasteiger partial charge is 0.268 e. The Morgan fingerprint density at radius 1 is 1.18 bits per heavy atom. The lowest BCUT2D eigenvalue weighted by Gasteiger charge is -2.13. The van der Waals surface area contributed by atoms with Crippen LogP contribution in [0, 0.1) is 11.3 Å². The standard InChI is InChI=1S/C21H23N3O4/c1-14(2)27-19-10-9-16(11-20(19)26-4)13-23-28-15(3)21(25)24-18-8-6-5-7-17(18)12-22/h5-11,13-15H,1-4H3,(H,24,25)/b23-13-/t15-/m1/s1. The van der Waals surface area contributed by atoms with E-state index in [-0.39, 0.29) is 6.10 Å². The minimum absolute atomic E-state index is 0.0299. The Labute approximate surface area is 164 Å². The third kappa shape index (κ3) is 5.74. The summed E-state index contributed by atoms with van der Waals surface area (Å²) in [6, 6.07) is 14.1. The van der Waals surface area contributed by atoms with Gasteiger partial charge in [-0.05, 0) is 51.1 Å². The van der Waals surface area contributed by atoms with E-state index in [4.69, 9.17) is 19.6 Å².